The van der Waals surface area contributed by atoms with E-state index in [1.54, 1.807) is 22.7 Å². The Labute approximate surface area is 401 Å². The van der Waals surface area contributed by atoms with Gasteiger partial charge in [-0.05, 0) is 115 Å². The van der Waals surface area contributed by atoms with Crippen LogP contribution >= 0.6 is 22.7 Å². The molecule has 67 heavy (non-hydrogen) atoms. The minimum Gasteiger partial charge on any atom is -0.208 e. The van der Waals surface area contributed by atoms with Crippen LogP contribution in [0.4, 0.5) is 0 Å². The van der Waals surface area contributed by atoms with Crippen molar-refractivity contribution in [2.45, 2.75) is 38.9 Å². The molecule has 0 atom stereocenters. The highest BCUT2D eigenvalue weighted by molar-refractivity contribution is 7.22. The first-order chi connectivity index (χ1) is 32.5. The molecule has 0 N–H and O–H groups in total. The average molecular weight is 914 g/mol. The summed E-state index contributed by atoms with van der Waals surface area (Å²) in [5, 5.41) is 4.02. The van der Waals surface area contributed by atoms with E-state index in [1.807, 2.05) is 0 Å². The molecule has 8 aromatic carbocycles. The topological polar surface area (TPSA) is 38.7 Å². The number of nitrogens with zero attached hydrogens (tertiary/aromatic N) is 3. The van der Waals surface area contributed by atoms with Gasteiger partial charge in [0.15, 0.2) is 17.5 Å². The largest absolute Gasteiger partial charge is 0.208 e. The van der Waals surface area contributed by atoms with Crippen molar-refractivity contribution in [2.24, 2.45) is 0 Å². The zero-order valence-corrected chi connectivity index (χ0v) is 40.8. The number of aromatic nitrogens is 3. The summed E-state index contributed by atoms with van der Waals surface area (Å²) in [4.78, 5) is 18.0. The lowest BCUT2D eigenvalue weighted by atomic mass is 9.81. The van der Waals surface area contributed by atoms with Crippen LogP contribution in [0, 0.1) is 0 Å². The number of thiophene rings is 2. The maximum Gasteiger partial charge on any atom is 0.164 e. The van der Waals surface area contributed by atoms with Crippen LogP contribution in [0.1, 0.15) is 25.0 Å². The van der Waals surface area contributed by atoms with Crippen LogP contribution in [0.2, 0.25) is 19.6 Å². The zero-order chi connectivity index (χ0) is 45.4. The van der Waals surface area contributed by atoms with Gasteiger partial charge in [0.25, 0.3) is 0 Å². The van der Waals surface area contributed by atoms with Crippen molar-refractivity contribution in [3.63, 3.8) is 0 Å². The van der Waals surface area contributed by atoms with Gasteiger partial charge >= 0.3 is 0 Å². The molecule has 0 saturated heterocycles. The number of benzene rings is 8. The molecule has 0 radical (unpaired) electrons. The van der Waals surface area contributed by atoms with E-state index in [9.17, 15) is 0 Å². The fourth-order valence-corrected chi connectivity index (χ4v) is 13.0. The van der Waals surface area contributed by atoms with Gasteiger partial charge in [-0.2, -0.15) is 0 Å². The third-order valence-corrected chi connectivity index (χ3v) is 17.9. The minimum absolute atomic E-state index is 0.0669. The van der Waals surface area contributed by atoms with E-state index in [0.717, 1.165) is 33.4 Å². The number of hydrogen-bond donors (Lipinski definition) is 0. The summed E-state index contributed by atoms with van der Waals surface area (Å²) in [5.41, 5.74) is 15.4. The van der Waals surface area contributed by atoms with Crippen molar-refractivity contribution in [3.8, 4) is 88.4 Å². The Balaban J connectivity index is 0.897. The van der Waals surface area contributed by atoms with E-state index in [-0.39, 0.29) is 5.41 Å². The first-order valence-corrected chi connectivity index (χ1v) is 28.1. The van der Waals surface area contributed by atoms with E-state index < -0.39 is 8.07 Å². The third-order valence-electron chi connectivity index (χ3n) is 13.5. The lowest BCUT2D eigenvalue weighted by Gasteiger charge is -2.24. The van der Waals surface area contributed by atoms with E-state index in [2.05, 4.69) is 228 Å². The quantitative estimate of drug-likeness (QED) is 0.143. The molecule has 3 aromatic heterocycles. The van der Waals surface area contributed by atoms with Crippen molar-refractivity contribution in [2.75, 3.05) is 0 Å². The highest BCUT2D eigenvalue weighted by atomic mass is 32.1. The summed E-state index contributed by atoms with van der Waals surface area (Å²) in [6.45, 7) is 12.1. The van der Waals surface area contributed by atoms with E-state index in [1.165, 1.54) is 74.1 Å². The van der Waals surface area contributed by atoms with Gasteiger partial charge in [-0.15, -0.1) is 22.7 Å². The lowest BCUT2D eigenvalue weighted by Crippen LogP contribution is -2.38. The smallest absolute Gasteiger partial charge is 0.164 e. The van der Waals surface area contributed by atoms with Gasteiger partial charge < -0.3 is 0 Å². The van der Waals surface area contributed by atoms with Gasteiger partial charge in [0.05, 0.1) is 8.07 Å². The van der Waals surface area contributed by atoms with Crippen LogP contribution in [0.5, 0.6) is 0 Å². The second-order valence-corrected chi connectivity index (χ2v) is 26.6. The summed E-state index contributed by atoms with van der Waals surface area (Å²) in [5.74, 6) is 1.92. The van der Waals surface area contributed by atoms with Gasteiger partial charge in [0.2, 0.25) is 0 Å². The second kappa shape index (κ2) is 16.1. The fourth-order valence-electron chi connectivity index (χ4n) is 9.71. The summed E-state index contributed by atoms with van der Waals surface area (Å²) in [6.07, 6.45) is 0. The Kier molecular flexibility index (Phi) is 9.91. The van der Waals surface area contributed by atoms with E-state index in [4.69, 9.17) is 15.0 Å². The SMILES string of the molecule is CC1(C)c2cc(-c3cccc(-c4ccc(-c5nc(-c6cccc(-c7cc8ccccc8s7)c6)nc(-c6cccc(-c7cc8ccccc8s7)c6)n5)cc4)c3)ccc2-c2ccc([Si](C)(C)C)cc21. The van der Waals surface area contributed by atoms with Crippen LogP contribution in [-0.4, -0.2) is 23.0 Å². The van der Waals surface area contributed by atoms with Crippen LogP contribution in [0.25, 0.3) is 109 Å². The molecule has 0 unspecified atom stereocenters. The number of hydrogen-bond acceptors (Lipinski definition) is 5. The molecule has 11 aromatic rings. The van der Waals surface area contributed by atoms with Gasteiger partial charge in [0.1, 0.15) is 0 Å². The monoisotopic (exact) mass is 913 g/mol. The molecular weight excluding hydrogens is 867 g/mol. The molecular formula is C61H47N3S2Si. The maximum absolute atomic E-state index is 5.20. The summed E-state index contributed by atoms with van der Waals surface area (Å²) in [7, 11) is -1.45. The Bertz CT molecular complexity index is 3520. The molecule has 0 bridgehead atoms. The molecule has 0 aliphatic heterocycles. The molecule has 1 aliphatic rings. The summed E-state index contributed by atoms with van der Waals surface area (Å²) < 4.78 is 2.55. The van der Waals surface area contributed by atoms with Crippen molar-refractivity contribution >= 4 is 56.1 Å². The normalized spacial score (nSPS) is 13.0. The molecule has 1 aliphatic carbocycles. The molecule has 0 spiro atoms. The van der Waals surface area contributed by atoms with Crippen molar-refractivity contribution in [3.05, 3.63) is 205 Å². The molecule has 322 valence electrons. The third kappa shape index (κ3) is 7.55. The van der Waals surface area contributed by atoms with E-state index >= 15 is 0 Å². The summed E-state index contributed by atoms with van der Waals surface area (Å²) in [6, 6.07) is 70.8. The summed E-state index contributed by atoms with van der Waals surface area (Å²) >= 11 is 3.61. The van der Waals surface area contributed by atoms with Crippen LogP contribution < -0.4 is 5.19 Å². The fraction of sp³-hybridized carbons (Fsp3) is 0.0984. The van der Waals surface area contributed by atoms with Crippen LogP contribution in [-0.2, 0) is 5.41 Å². The van der Waals surface area contributed by atoms with Crippen LogP contribution in [0.3, 0.4) is 0 Å². The second-order valence-electron chi connectivity index (χ2n) is 19.3. The highest BCUT2D eigenvalue weighted by Gasteiger charge is 2.36. The van der Waals surface area contributed by atoms with Crippen LogP contribution in [0.15, 0.2) is 194 Å². The Hall–Kier alpha value is -7.09. The first kappa shape index (κ1) is 41.3. The lowest BCUT2D eigenvalue weighted by molar-refractivity contribution is 0.661. The molecule has 6 heteroatoms. The molecule has 0 saturated carbocycles. The Morgan fingerprint density at radius 1 is 0.358 bits per heavy atom. The van der Waals surface area contributed by atoms with Crippen molar-refractivity contribution in [1.82, 2.24) is 15.0 Å². The van der Waals surface area contributed by atoms with Crippen molar-refractivity contribution in [1.29, 1.82) is 0 Å². The van der Waals surface area contributed by atoms with Crippen molar-refractivity contribution < 1.29 is 0 Å². The molecule has 3 heterocycles. The van der Waals surface area contributed by atoms with Gasteiger partial charge in [-0.1, -0.05) is 184 Å². The number of fused-ring (bicyclic) bond motifs is 5. The number of rotatable bonds is 8. The van der Waals surface area contributed by atoms with Gasteiger partial charge in [0, 0.05) is 41.3 Å². The maximum atomic E-state index is 5.20. The standard InChI is InChI=1S/C61H47N3S2Si/c1-61(2)52-34-42(27-29-50(52)51-30-28-49(37-53(51)61)67(3,4)5)41-16-10-15-40(31-41)38-23-25-39(26-24-38)58-62-59(47-19-11-17-43(32-47)56-35-45-13-6-8-21-54(45)65-56)64-60(63-58)48-20-12-18-44(33-48)57-36-46-14-7-9-22-55(46)66-57/h6-37H,1-5H3. The molecule has 0 amide bonds. The molecule has 0 fully saturated rings. The van der Waals surface area contributed by atoms with Gasteiger partial charge in [-0.25, -0.2) is 15.0 Å². The Morgan fingerprint density at radius 3 is 1.33 bits per heavy atom. The zero-order valence-electron chi connectivity index (χ0n) is 38.1. The predicted molar refractivity (Wildman–Crippen MR) is 289 cm³/mol. The average Bonchev–Trinajstić information content (AvgIpc) is 4.07. The minimum atomic E-state index is -1.45. The predicted octanol–water partition coefficient (Wildman–Crippen LogP) is 16.8. The van der Waals surface area contributed by atoms with Gasteiger partial charge in [-0.3, -0.25) is 0 Å². The molecule has 12 rings (SSSR count). The molecule has 3 nitrogen and oxygen atoms in total. The van der Waals surface area contributed by atoms with E-state index in [0.29, 0.717) is 17.5 Å². The first-order valence-electron chi connectivity index (χ1n) is 23.0. The Morgan fingerprint density at radius 2 is 0.776 bits per heavy atom. The highest BCUT2D eigenvalue weighted by Crippen LogP contribution is 2.50.